The molecule has 0 atom stereocenters. The zero-order valence-corrected chi connectivity index (χ0v) is 17.3. The molecule has 0 aliphatic heterocycles. The Balaban J connectivity index is 1.44. The normalized spacial score (nSPS) is 11.1. The molecule has 31 heavy (non-hydrogen) atoms. The molecule has 0 saturated carbocycles. The second-order valence-electron chi connectivity index (χ2n) is 6.85. The smallest absolute Gasteiger partial charge is 0.261 e. The Morgan fingerprint density at radius 1 is 0.871 bits per heavy atom. The van der Waals surface area contributed by atoms with Gasteiger partial charge in [-0.25, -0.2) is 8.42 Å². The summed E-state index contributed by atoms with van der Waals surface area (Å²) in [5, 5.41) is 7.02. The molecular formula is C23H20N4O3S. The molecule has 0 aliphatic carbocycles. The molecule has 0 saturated heterocycles. The highest BCUT2D eigenvalue weighted by atomic mass is 32.2. The molecule has 4 rings (SSSR count). The molecule has 7 nitrogen and oxygen atoms in total. The molecule has 0 bridgehead atoms. The Kier molecular flexibility index (Phi) is 5.81. The first kappa shape index (κ1) is 20.4. The van der Waals surface area contributed by atoms with Gasteiger partial charge in [0.2, 0.25) is 0 Å². The van der Waals surface area contributed by atoms with Crippen LogP contribution in [0.15, 0.2) is 102 Å². The van der Waals surface area contributed by atoms with Gasteiger partial charge in [-0.15, -0.1) is 0 Å². The third kappa shape index (κ3) is 5.18. The maximum Gasteiger partial charge on any atom is 0.261 e. The molecular weight excluding hydrogens is 412 g/mol. The molecule has 4 aromatic rings. The molecule has 1 aromatic heterocycles. The van der Waals surface area contributed by atoms with Gasteiger partial charge in [0, 0.05) is 29.3 Å². The van der Waals surface area contributed by atoms with E-state index in [1.165, 1.54) is 24.3 Å². The van der Waals surface area contributed by atoms with Gasteiger partial charge in [0.05, 0.1) is 11.4 Å². The Hall–Kier alpha value is -3.91. The van der Waals surface area contributed by atoms with E-state index in [2.05, 4.69) is 15.1 Å². The lowest BCUT2D eigenvalue weighted by Crippen LogP contribution is -2.15. The van der Waals surface area contributed by atoms with E-state index >= 15 is 0 Å². The monoisotopic (exact) mass is 432 g/mol. The Morgan fingerprint density at radius 3 is 2.32 bits per heavy atom. The number of carbonyl (C=O) groups is 1. The van der Waals surface area contributed by atoms with Crippen LogP contribution >= 0.6 is 0 Å². The number of nitrogens with one attached hydrogen (secondary N) is 2. The molecule has 3 aromatic carbocycles. The van der Waals surface area contributed by atoms with Crippen LogP contribution in [-0.4, -0.2) is 24.1 Å². The van der Waals surface area contributed by atoms with Gasteiger partial charge in [-0.3, -0.25) is 14.2 Å². The molecule has 2 N–H and O–H groups in total. The fourth-order valence-corrected chi connectivity index (χ4v) is 4.10. The molecule has 1 amide bonds. The van der Waals surface area contributed by atoms with E-state index in [1.54, 1.807) is 47.3 Å². The minimum Gasteiger partial charge on any atom is -0.322 e. The number of hydrogen-bond acceptors (Lipinski definition) is 4. The molecule has 156 valence electrons. The van der Waals surface area contributed by atoms with E-state index in [0.717, 1.165) is 5.56 Å². The molecule has 0 aliphatic rings. The minimum absolute atomic E-state index is 0.0779. The summed E-state index contributed by atoms with van der Waals surface area (Å²) < 4.78 is 29.4. The maximum absolute atomic E-state index is 12.6. The molecule has 0 spiro atoms. The number of carbonyl (C=O) groups excluding carboxylic acids is 1. The zero-order valence-electron chi connectivity index (χ0n) is 16.5. The van der Waals surface area contributed by atoms with E-state index < -0.39 is 10.0 Å². The number of para-hydroxylation sites is 1. The van der Waals surface area contributed by atoms with Crippen LogP contribution in [0.1, 0.15) is 15.9 Å². The van der Waals surface area contributed by atoms with Crippen LogP contribution in [0.4, 0.5) is 11.4 Å². The van der Waals surface area contributed by atoms with Crippen molar-refractivity contribution in [1.29, 1.82) is 0 Å². The molecule has 0 fully saturated rings. The fraction of sp³-hybridized carbons (Fsp3) is 0.0435. The van der Waals surface area contributed by atoms with Crippen molar-refractivity contribution in [3.8, 4) is 0 Å². The highest BCUT2D eigenvalue weighted by Gasteiger charge is 2.15. The quantitative estimate of drug-likeness (QED) is 0.462. The number of benzene rings is 3. The lowest BCUT2D eigenvalue weighted by molar-refractivity contribution is 0.102. The van der Waals surface area contributed by atoms with Crippen LogP contribution in [0.25, 0.3) is 0 Å². The fourth-order valence-electron chi connectivity index (χ4n) is 3.04. The topological polar surface area (TPSA) is 93.1 Å². The predicted octanol–water partition coefficient (Wildman–Crippen LogP) is 3.98. The summed E-state index contributed by atoms with van der Waals surface area (Å²) in [6.45, 7) is 0.595. The largest absolute Gasteiger partial charge is 0.322 e. The van der Waals surface area contributed by atoms with E-state index in [9.17, 15) is 13.2 Å². The van der Waals surface area contributed by atoms with E-state index in [0.29, 0.717) is 23.5 Å². The van der Waals surface area contributed by atoms with Crippen LogP contribution in [0, 0.1) is 0 Å². The van der Waals surface area contributed by atoms with Gasteiger partial charge in [-0.05, 0) is 60.2 Å². The summed E-state index contributed by atoms with van der Waals surface area (Å²) >= 11 is 0. The van der Waals surface area contributed by atoms with Crippen molar-refractivity contribution in [2.75, 3.05) is 10.0 Å². The van der Waals surface area contributed by atoms with Crippen molar-refractivity contribution < 1.29 is 13.2 Å². The van der Waals surface area contributed by atoms with Crippen molar-refractivity contribution in [3.63, 3.8) is 0 Å². The Labute approximate surface area is 180 Å². The summed E-state index contributed by atoms with van der Waals surface area (Å²) in [6, 6.07) is 23.8. The summed E-state index contributed by atoms with van der Waals surface area (Å²) in [5.41, 5.74) is 2.47. The van der Waals surface area contributed by atoms with Crippen LogP contribution in [-0.2, 0) is 16.6 Å². The first-order chi connectivity index (χ1) is 15.0. The summed E-state index contributed by atoms with van der Waals surface area (Å²) in [4.78, 5) is 12.7. The summed E-state index contributed by atoms with van der Waals surface area (Å²) in [7, 11) is -3.74. The minimum atomic E-state index is -3.74. The average Bonchev–Trinajstić information content (AvgIpc) is 3.27. The van der Waals surface area contributed by atoms with Gasteiger partial charge in [0.1, 0.15) is 0 Å². The Bertz CT molecular complexity index is 1270. The third-order valence-corrected chi connectivity index (χ3v) is 5.94. The lowest BCUT2D eigenvalue weighted by Gasteiger charge is -2.10. The van der Waals surface area contributed by atoms with E-state index in [-0.39, 0.29) is 10.8 Å². The first-order valence-corrected chi connectivity index (χ1v) is 11.0. The SMILES string of the molecule is O=C(Nc1cccc(Cn2cccn2)c1)c1ccc(S(=O)(=O)Nc2ccccc2)cc1. The number of anilines is 2. The van der Waals surface area contributed by atoms with Gasteiger partial charge in [-0.1, -0.05) is 30.3 Å². The highest BCUT2D eigenvalue weighted by Crippen LogP contribution is 2.18. The summed E-state index contributed by atoms with van der Waals surface area (Å²) in [6.07, 6.45) is 3.58. The number of aromatic nitrogens is 2. The van der Waals surface area contributed by atoms with Gasteiger partial charge in [0.25, 0.3) is 15.9 Å². The van der Waals surface area contributed by atoms with Crippen molar-refractivity contribution in [3.05, 3.63) is 108 Å². The predicted molar refractivity (Wildman–Crippen MR) is 119 cm³/mol. The highest BCUT2D eigenvalue weighted by molar-refractivity contribution is 7.92. The van der Waals surface area contributed by atoms with Crippen LogP contribution in [0.5, 0.6) is 0 Å². The van der Waals surface area contributed by atoms with Crippen molar-refractivity contribution >= 4 is 27.3 Å². The maximum atomic E-state index is 12.6. The van der Waals surface area contributed by atoms with Crippen LogP contribution < -0.4 is 10.0 Å². The number of sulfonamides is 1. The second-order valence-corrected chi connectivity index (χ2v) is 8.54. The number of amides is 1. The Morgan fingerprint density at radius 2 is 1.61 bits per heavy atom. The average molecular weight is 433 g/mol. The van der Waals surface area contributed by atoms with E-state index in [4.69, 9.17) is 0 Å². The van der Waals surface area contributed by atoms with E-state index in [1.807, 2.05) is 30.5 Å². The van der Waals surface area contributed by atoms with Crippen LogP contribution in [0.3, 0.4) is 0 Å². The second kappa shape index (κ2) is 8.85. The number of hydrogen-bond donors (Lipinski definition) is 2. The molecule has 0 radical (unpaired) electrons. The van der Waals surface area contributed by atoms with Crippen molar-refractivity contribution in [2.24, 2.45) is 0 Å². The van der Waals surface area contributed by atoms with Gasteiger partial charge in [0.15, 0.2) is 0 Å². The van der Waals surface area contributed by atoms with Gasteiger partial charge in [-0.2, -0.15) is 5.10 Å². The molecule has 8 heteroatoms. The van der Waals surface area contributed by atoms with Crippen LogP contribution in [0.2, 0.25) is 0 Å². The van der Waals surface area contributed by atoms with Gasteiger partial charge < -0.3 is 5.32 Å². The zero-order chi connectivity index (χ0) is 21.7. The van der Waals surface area contributed by atoms with Gasteiger partial charge >= 0.3 is 0 Å². The lowest BCUT2D eigenvalue weighted by atomic mass is 10.1. The first-order valence-electron chi connectivity index (χ1n) is 9.55. The molecule has 0 unspecified atom stereocenters. The number of rotatable bonds is 7. The molecule has 1 heterocycles. The summed E-state index contributed by atoms with van der Waals surface area (Å²) in [5.74, 6) is -0.323. The van der Waals surface area contributed by atoms with Crippen molar-refractivity contribution in [1.82, 2.24) is 9.78 Å². The standard InChI is InChI=1S/C23H20N4O3S/c28-23(25-21-9-4-6-18(16-21)17-27-15-5-14-24-27)19-10-12-22(13-11-19)31(29,30)26-20-7-2-1-3-8-20/h1-16,26H,17H2,(H,25,28). The number of nitrogens with zero attached hydrogens (tertiary/aromatic N) is 2. The third-order valence-electron chi connectivity index (χ3n) is 4.54. The van der Waals surface area contributed by atoms with Crippen molar-refractivity contribution in [2.45, 2.75) is 11.4 Å².